The number of ether oxygens (including phenoxy) is 1. The summed E-state index contributed by atoms with van der Waals surface area (Å²) in [5.41, 5.74) is 0.582. The van der Waals surface area contributed by atoms with Crippen LogP contribution in [0, 0.1) is 6.07 Å². The van der Waals surface area contributed by atoms with Gasteiger partial charge in [-0.05, 0) is 18.7 Å². The molecule has 0 fully saturated rings. The maximum atomic E-state index is 11.5. The van der Waals surface area contributed by atoms with Gasteiger partial charge in [0.05, 0.1) is 0 Å². The van der Waals surface area contributed by atoms with Gasteiger partial charge in [-0.15, -0.1) is 0 Å². The van der Waals surface area contributed by atoms with Gasteiger partial charge in [0.2, 0.25) is 0 Å². The SMILES string of the molecule is CCN(CC)CCOC(=O)c1cc[c-]cc1.[Cl-].[Cl][Zn+].[Li+]. The number of carbonyl (C=O) groups is 1. The van der Waals surface area contributed by atoms with E-state index in [1.165, 1.54) is 0 Å². The van der Waals surface area contributed by atoms with Gasteiger partial charge in [-0.25, -0.2) is 4.79 Å². The fourth-order valence-corrected chi connectivity index (χ4v) is 1.41. The third kappa shape index (κ3) is 11.1. The second-order valence-electron chi connectivity index (χ2n) is 3.45. The van der Waals surface area contributed by atoms with Crippen LogP contribution in [0.4, 0.5) is 0 Å². The molecule has 0 heterocycles. The summed E-state index contributed by atoms with van der Waals surface area (Å²) >= 11 is 0.847. The molecule has 0 aliphatic rings. The van der Waals surface area contributed by atoms with Gasteiger partial charge in [0.15, 0.2) is 0 Å². The van der Waals surface area contributed by atoms with Crippen molar-refractivity contribution >= 4 is 15.7 Å². The minimum Gasteiger partial charge on any atom is 1.00 e. The van der Waals surface area contributed by atoms with E-state index in [0.717, 1.165) is 36.9 Å². The average Bonchev–Trinajstić information content (AvgIpc) is 2.46. The van der Waals surface area contributed by atoms with Gasteiger partial charge in [0.25, 0.3) is 0 Å². The van der Waals surface area contributed by atoms with Crippen molar-refractivity contribution in [3.8, 4) is 0 Å². The zero-order chi connectivity index (χ0) is 13.8. The van der Waals surface area contributed by atoms with Crippen LogP contribution in [0.5, 0.6) is 0 Å². The van der Waals surface area contributed by atoms with Gasteiger partial charge in [-0.1, -0.05) is 13.8 Å². The first-order valence-electron chi connectivity index (χ1n) is 5.90. The number of rotatable bonds is 6. The predicted octanol–water partition coefficient (Wildman–Crippen LogP) is -3.32. The van der Waals surface area contributed by atoms with E-state index in [-0.39, 0.29) is 37.2 Å². The van der Waals surface area contributed by atoms with E-state index in [2.05, 4.69) is 24.8 Å². The zero-order valence-electron chi connectivity index (χ0n) is 12.4. The van der Waals surface area contributed by atoms with E-state index in [4.69, 9.17) is 14.4 Å². The Labute approximate surface area is 154 Å². The largest absolute Gasteiger partial charge is 1.00 e. The topological polar surface area (TPSA) is 29.5 Å². The summed E-state index contributed by atoms with van der Waals surface area (Å²) < 4.78 is 5.17. The third-order valence-electron chi connectivity index (χ3n) is 2.49. The summed E-state index contributed by atoms with van der Waals surface area (Å²) in [7, 11) is 4.76. The molecule has 0 amide bonds. The van der Waals surface area contributed by atoms with Crippen LogP contribution in [0.1, 0.15) is 24.2 Å². The summed E-state index contributed by atoms with van der Waals surface area (Å²) in [6.07, 6.45) is 0. The molecule has 1 rings (SSSR count). The van der Waals surface area contributed by atoms with Gasteiger partial charge in [-0.2, -0.15) is 30.3 Å². The molecule has 0 saturated carbocycles. The summed E-state index contributed by atoms with van der Waals surface area (Å²) in [6.45, 7) is 7.39. The van der Waals surface area contributed by atoms with Crippen molar-refractivity contribution < 1.29 is 58.1 Å². The molecule has 0 aliphatic heterocycles. The quantitative estimate of drug-likeness (QED) is 0.301. The number of likely N-dealkylation sites (N-methyl/N-ethyl adjacent to an activating group) is 1. The zero-order valence-corrected chi connectivity index (χ0v) is 16.8. The van der Waals surface area contributed by atoms with Crippen molar-refractivity contribution in [2.75, 3.05) is 26.2 Å². The standard InChI is InChI=1S/C13H18NO2.2ClH.Li.Zn/c1-3-14(4-2)10-11-16-13(15)12-8-6-5-7-9-12;;;;/h6-9H,3-4,10-11H2,1-2H3;2*1H;;/q-1;;;+1;+2/p-2. The molecule has 1 aromatic carbocycles. The van der Waals surface area contributed by atoms with Gasteiger partial charge < -0.3 is 22.0 Å². The van der Waals surface area contributed by atoms with Gasteiger partial charge in [0.1, 0.15) is 6.61 Å². The molecule has 0 atom stereocenters. The normalized spacial score (nSPS) is 8.70. The summed E-state index contributed by atoms with van der Waals surface area (Å²) in [4.78, 5) is 13.8. The maximum absolute atomic E-state index is 11.5. The Morgan fingerprint density at radius 3 is 2.25 bits per heavy atom. The molecule has 0 N–H and O–H groups in total. The number of carbonyl (C=O) groups excluding carboxylic acids is 1. The van der Waals surface area contributed by atoms with Crippen molar-refractivity contribution in [1.82, 2.24) is 4.90 Å². The Hall–Kier alpha value is 0.451. The van der Waals surface area contributed by atoms with Crippen molar-refractivity contribution in [3.05, 3.63) is 35.9 Å². The fraction of sp³-hybridized carbons (Fsp3) is 0.462. The summed E-state index contributed by atoms with van der Waals surface area (Å²) in [6, 6.07) is 9.70. The van der Waals surface area contributed by atoms with Crippen LogP contribution in [0.2, 0.25) is 0 Å². The molecule has 7 heteroatoms. The van der Waals surface area contributed by atoms with Gasteiger partial charge in [0, 0.05) is 6.54 Å². The van der Waals surface area contributed by atoms with Crippen molar-refractivity contribution in [1.29, 1.82) is 0 Å². The number of hydrogen-bond donors (Lipinski definition) is 0. The molecule has 20 heavy (non-hydrogen) atoms. The molecule has 0 spiro atoms. The Bertz CT molecular complexity index is 327. The minimum atomic E-state index is -0.263. The Morgan fingerprint density at radius 2 is 1.80 bits per heavy atom. The minimum absolute atomic E-state index is 0. The van der Waals surface area contributed by atoms with Crippen molar-refractivity contribution in [3.63, 3.8) is 0 Å². The third-order valence-corrected chi connectivity index (χ3v) is 2.49. The van der Waals surface area contributed by atoms with Crippen LogP contribution in [-0.2, 0) is 22.0 Å². The number of nitrogens with zero attached hydrogens (tertiary/aromatic N) is 1. The van der Waals surface area contributed by atoms with Crippen LogP contribution >= 0.6 is 9.69 Å². The van der Waals surface area contributed by atoms with Crippen molar-refractivity contribution in [2.45, 2.75) is 13.8 Å². The first-order chi connectivity index (χ1) is 8.77. The molecule has 104 valence electrons. The smallest absolute Gasteiger partial charge is 1.00 e. The van der Waals surface area contributed by atoms with Crippen LogP contribution in [0.3, 0.4) is 0 Å². The molecule has 0 bridgehead atoms. The maximum Gasteiger partial charge on any atom is 1.00 e. The van der Waals surface area contributed by atoms with E-state index in [9.17, 15) is 4.79 Å². The molecule has 0 aromatic heterocycles. The van der Waals surface area contributed by atoms with Gasteiger partial charge >= 0.3 is 51.8 Å². The van der Waals surface area contributed by atoms with Gasteiger partial charge in [-0.3, -0.25) is 0 Å². The number of esters is 1. The van der Waals surface area contributed by atoms with Crippen LogP contribution < -0.4 is 31.3 Å². The molecule has 0 unspecified atom stereocenters. The number of hydrogen-bond acceptors (Lipinski definition) is 3. The van der Waals surface area contributed by atoms with E-state index in [0.29, 0.717) is 12.2 Å². The number of halogens is 2. The average molecular weight is 364 g/mol. The first kappa shape index (κ1) is 25.4. The Morgan fingerprint density at radius 1 is 1.30 bits per heavy atom. The molecular formula is C13H18Cl2LiNO2Zn. The van der Waals surface area contributed by atoms with Crippen LogP contribution in [0.25, 0.3) is 0 Å². The second kappa shape index (κ2) is 17.5. The first-order valence-corrected chi connectivity index (χ1v) is 9.80. The monoisotopic (exact) mass is 361 g/mol. The van der Waals surface area contributed by atoms with Crippen LogP contribution in [0.15, 0.2) is 24.3 Å². The molecule has 0 saturated heterocycles. The summed E-state index contributed by atoms with van der Waals surface area (Å²) in [5.74, 6) is -0.263. The van der Waals surface area contributed by atoms with E-state index >= 15 is 0 Å². The van der Waals surface area contributed by atoms with E-state index < -0.39 is 0 Å². The molecule has 0 radical (unpaired) electrons. The molecule has 1 aromatic rings. The molecule has 0 aliphatic carbocycles. The number of benzene rings is 1. The second-order valence-corrected chi connectivity index (χ2v) is 3.45. The van der Waals surface area contributed by atoms with E-state index in [1.807, 2.05) is 0 Å². The van der Waals surface area contributed by atoms with Crippen LogP contribution in [-0.4, -0.2) is 37.1 Å². The molecular weight excluding hydrogens is 345 g/mol. The molecule has 3 nitrogen and oxygen atoms in total. The van der Waals surface area contributed by atoms with E-state index in [1.54, 1.807) is 24.3 Å². The fourth-order valence-electron chi connectivity index (χ4n) is 1.41. The van der Waals surface area contributed by atoms with Crippen molar-refractivity contribution in [2.24, 2.45) is 0 Å². The Kier molecular flexibility index (Phi) is 22.2. The Balaban J connectivity index is -0.000000689. The summed E-state index contributed by atoms with van der Waals surface area (Å²) in [5, 5.41) is 0. The predicted molar refractivity (Wildman–Crippen MR) is 69.2 cm³/mol.